The lowest BCUT2D eigenvalue weighted by Crippen LogP contribution is -2.31. The van der Waals surface area contributed by atoms with Crippen LogP contribution in [0.2, 0.25) is 0 Å². The maximum atomic E-state index is 12.0. The zero-order valence-electron chi connectivity index (χ0n) is 12.1. The fourth-order valence-electron chi connectivity index (χ4n) is 2.02. The van der Waals surface area contributed by atoms with Gasteiger partial charge in [0.1, 0.15) is 5.75 Å². The van der Waals surface area contributed by atoms with Gasteiger partial charge in [0.05, 0.1) is 13.2 Å². The van der Waals surface area contributed by atoms with E-state index >= 15 is 0 Å². The largest absolute Gasteiger partial charge is 0.497 e. The third kappa shape index (κ3) is 3.89. The molecule has 2 aromatic rings. The molecule has 2 rings (SSSR count). The maximum absolute atomic E-state index is 12.0. The van der Waals surface area contributed by atoms with Gasteiger partial charge in [0.25, 0.3) is 0 Å². The number of carbonyl (C=O) groups excluding carboxylic acids is 1. The van der Waals surface area contributed by atoms with E-state index in [1.165, 1.54) is 0 Å². The SMILES string of the molecule is COc1ccc(NC(=O)NC(C)c2ccccc2N)cc1. The van der Waals surface area contributed by atoms with Crippen molar-refractivity contribution in [3.8, 4) is 5.75 Å². The summed E-state index contributed by atoms with van der Waals surface area (Å²) in [6.45, 7) is 1.89. The van der Waals surface area contributed by atoms with Crippen molar-refractivity contribution in [1.82, 2.24) is 5.32 Å². The Bertz CT molecular complexity index is 611. The first-order valence-electron chi connectivity index (χ1n) is 6.66. The molecular formula is C16H19N3O2. The van der Waals surface area contributed by atoms with Crippen LogP contribution in [0.4, 0.5) is 16.2 Å². The van der Waals surface area contributed by atoms with Gasteiger partial charge in [0.2, 0.25) is 0 Å². The Kier molecular flexibility index (Phi) is 4.66. The molecular weight excluding hydrogens is 266 g/mol. The van der Waals surface area contributed by atoms with Gasteiger partial charge in [-0.2, -0.15) is 0 Å². The van der Waals surface area contributed by atoms with E-state index in [0.717, 1.165) is 11.3 Å². The maximum Gasteiger partial charge on any atom is 0.319 e. The van der Waals surface area contributed by atoms with Crippen LogP contribution in [-0.4, -0.2) is 13.1 Å². The van der Waals surface area contributed by atoms with Gasteiger partial charge in [0, 0.05) is 11.4 Å². The minimum absolute atomic E-state index is 0.176. The molecule has 0 radical (unpaired) electrons. The minimum Gasteiger partial charge on any atom is -0.497 e. The second kappa shape index (κ2) is 6.65. The summed E-state index contributed by atoms with van der Waals surface area (Å²) in [7, 11) is 1.60. The van der Waals surface area contributed by atoms with Gasteiger partial charge in [-0.05, 0) is 42.8 Å². The zero-order chi connectivity index (χ0) is 15.2. The van der Waals surface area contributed by atoms with Crippen LogP contribution >= 0.6 is 0 Å². The number of anilines is 2. The first-order chi connectivity index (χ1) is 10.1. The second-order valence-electron chi connectivity index (χ2n) is 4.68. The van der Waals surface area contributed by atoms with Crippen molar-refractivity contribution in [1.29, 1.82) is 0 Å². The van der Waals surface area contributed by atoms with Crippen molar-refractivity contribution in [3.05, 3.63) is 54.1 Å². The fourth-order valence-corrected chi connectivity index (χ4v) is 2.02. The Balaban J connectivity index is 1.96. The van der Waals surface area contributed by atoms with Gasteiger partial charge in [-0.1, -0.05) is 18.2 Å². The highest BCUT2D eigenvalue weighted by Gasteiger charge is 2.11. The summed E-state index contributed by atoms with van der Waals surface area (Å²) in [6.07, 6.45) is 0. The predicted molar refractivity (Wildman–Crippen MR) is 84.4 cm³/mol. The molecule has 0 bridgehead atoms. The third-order valence-corrected chi connectivity index (χ3v) is 3.16. The quantitative estimate of drug-likeness (QED) is 0.755. The summed E-state index contributed by atoms with van der Waals surface area (Å²) in [4.78, 5) is 12.0. The lowest BCUT2D eigenvalue weighted by Gasteiger charge is -2.16. The molecule has 0 saturated heterocycles. The monoisotopic (exact) mass is 285 g/mol. The molecule has 21 heavy (non-hydrogen) atoms. The van der Waals surface area contributed by atoms with E-state index in [9.17, 15) is 4.79 Å². The van der Waals surface area contributed by atoms with E-state index in [4.69, 9.17) is 10.5 Å². The first-order valence-corrected chi connectivity index (χ1v) is 6.66. The van der Waals surface area contributed by atoms with Crippen molar-refractivity contribution < 1.29 is 9.53 Å². The van der Waals surface area contributed by atoms with Gasteiger partial charge in [-0.15, -0.1) is 0 Å². The smallest absolute Gasteiger partial charge is 0.319 e. The summed E-state index contributed by atoms with van der Waals surface area (Å²) in [6, 6.07) is 14.1. The molecule has 110 valence electrons. The van der Waals surface area contributed by atoms with Crippen molar-refractivity contribution in [3.63, 3.8) is 0 Å². The van der Waals surface area contributed by atoms with E-state index in [-0.39, 0.29) is 12.1 Å². The number of methoxy groups -OCH3 is 1. The van der Waals surface area contributed by atoms with Crippen molar-refractivity contribution in [2.75, 3.05) is 18.2 Å². The molecule has 5 heteroatoms. The van der Waals surface area contributed by atoms with Crippen molar-refractivity contribution in [2.45, 2.75) is 13.0 Å². The molecule has 2 amide bonds. The normalized spacial score (nSPS) is 11.5. The highest BCUT2D eigenvalue weighted by molar-refractivity contribution is 5.89. The van der Waals surface area contributed by atoms with E-state index in [0.29, 0.717) is 11.4 Å². The van der Waals surface area contributed by atoms with E-state index in [1.807, 2.05) is 31.2 Å². The van der Waals surface area contributed by atoms with Gasteiger partial charge >= 0.3 is 6.03 Å². The number of hydrogen-bond acceptors (Lipinski definition) is 3. The Morgan fingerprint density at radius 3 is 2.43 bits per heavy atom. The van der Waals surface area contributed by atoms with Crippen LogP contribution in [0.5, 0.6) is 5.75 Å². The lowest BCUT2D eigenvalue weighted by atomic mass is 10.1. The highest BCUT2D eigenvalue weighted by atomic mass is 16.5. The summed E-state index contributed by atoms with van der Waals surface area (Å²) in [5.74, 6) is 0.742. The van der Waals surface area contributed by atoms with Crippen LogP contribution in [-0.2, 0) is 0 Å². The van der Waals surface area contributed by atoms with Gasteiger partial charge in [-0.3, -0.25) is 0 Å². The number of carbonyl (C=O) groups is 1. The number of benzene rings is 2. The van der Waals surface area contributed by atoms with Crippen molar-refractivity contribution in [2.24, 2.45) is 0 Å². The van der Waals surface area contributed by atoms with E-state index in [1.54, 1.807) is 31.4 Å². The highest BCUT2D eigenvalue weighted by Crippen LogP contribution is 2.20. The van der Waals surface area contributed by atoms with Crippen LogP contribution in [0.25, 0.3) is 0 Å². The number of amides is 2. The summed E-state index contributed by atoms with van der Waals surface area (Å²) < 4.78 is 5.07. The van der Waals surface area contributed by atoms with Gasteiger partial charge < -0.3 is 21.1 Å². The molecule has 0 saturated carbocycles. The van der Waals surface area contributed by atoms with Crippen molar-refractivity contribution >= 4 is 17.4 Å². The van der Waals surface area contributed by atoms with Crippen LogP contribution in [0.15, 0.2) is 48.5 Å². The fraction of sp³-hybridized carbons (Fsp3) is 0.188. The van der Waals surface area contributed by atoms with E-state index in [2.05, 4.69) is 10.6 Å². The zero-order valence-corrected chi connectivity index (χ0v) is 12.1. The molecule has 0 aliphatic rings. The molecule has 5 nitrogen and oxygen atoms in total. The Morgan fingerprint density at radius 2 is 1.81 bits per heavy atom. The predicted octanol–water partition coefficient (Wildman–Crippen LogP) is 3.16. The lowest BCUT2D eigenvalue weighted by molar-refractivity contribution is 0.249. The van der Waals surface area contributed by atoms with Crippen LogP contribution in [0.3, 0.4) is 0 Å². The molecule has 1 unspecified atom stereocenters. The molecule has 0 aliphatic heterocycles. The Labute approximate surface area is 124 Å². The van der Waals surface area contributed by atoms with E-state index < -0.39 is 0 Å². The van der Waals surface area contributed by atoms with Crippen LogP contribution < -0.4 is 21.1 Å². The standard InChI is InChI=1S/C16H19N3O2/c1-11(14-5-3-4-6-15(14)17)18-16(20)19-12-7-9-13(21-2)10-8-12/h3-11H,17H2,1-2H3,(H2,18,19,20). The number of ether oxygens (including phenoxy) is 1. The number of urea groups is 1. The van der Waals surface area contributed by atoms with Crippen LogP contribution in [0.1, 0.15) is 18.5 Å². The summed E-state index contributed by atoms with van der Waals surface area (Å²) in [5, 5.41) is 5.62. The number of para-hydroxylation sites is 1. The third-order valence-electron chi connectivity index (χ3n) is 3.16. The Morgan fingerprint density at radius 1 is 1.14 bits per heavy atom. The number of rotatable bonds is 4. The number of nitrogen functional groups attached to an aromatic ring is 1. The second-order valence-corrected chi connectivity index (χ2v) is 4.68. The van der Waals surface area contributed by atoms with Gasteiger partial charge in [-0.25, -0.2) is 4.79 Å². The molecule has 0 aromatic heterocycles. The summed E-state index contributed by atoms with van der Waals surface area (Å²) >= 11 is 0. The average molecular weight is 285 g/mol. The number of nitrogens with two attached hydrogens (primary N) is 1. The molecule has 0 heterocycles. The summed E-state index contributed by atoms with van der Waals surface area (Å²) in [5.41, 5.74) is 8.14. The van der Waals surface area contributed by atoms with Gasteiger partial charge in [0.15, 0.2) is 0 Å². The number of nitrogens with one attached hydrogen (secondary N) is 2. The first kappa shape index (κ1) is 14.7. The minimum atomic E-state index is -0.282. The molecule has 1 atom stereocenters. The molecule has 0 fully saturated rings. The molecule has 2 aromatic carbocycles. The average Bonchev–Trinajstić information content (AvgIpc) is 2.48. The Hall–Kier alpha value is -2.69. The molecule has 0 spiro atoms. The molecule has 4 N–H and O–H groups in total. The topological polar surface area (TPSA) is 76.4 Å². The number of hydrogen-bond donors (Lipinski definition) is 3. The molecule has 0 aliphatic carbocycles. The van der Waals surface area contributed by atoms with Crippen LogP contribution in [0, 0.1) is 0 Å².